The number of carbonyl (C=O) groups excluding carboxylic acids is 1. The molecule has 0 aliphatic carbocycles. The summed E-state index contributed by atoms with van der Waals surface area (Å²) >= 11 is 0. The van der Waals surface area contributed by atoms with Gasteiger partial charge in [-0.1, -0.05) is 282 Å². The normalized spacial score (nSPS) is 23.5. The quantitative estimate of drug-likeness (QED) is 0.0171. The smallest absolute Gasteiger partial charge is 0.306 e. The number of unbranched alkanes of at least 4 members (excludes halogenated alkanes) is 41. The Morgan fingerprint density at radius 1 is 0.398 bits per heavy atom. The standard InChI is InChI=1S/C69H130O14/c1-3-5-7-9-11-13-15-17-19-21-23-25-27-28-29-31-33-35-37-39-41-43-45-47-49-51-53-78-55-58(56-79-68-67(77)65(75)63(73)60(83-68)57-80-69-66(76)64(74)62(72)59(54-70)82-69)81-61(71)52-50-48-46-44-42-40-38-36-34-32-30-26-24-22-20-18-16-14-12-10-8-6-4-2/h15,17,21,23,58-60,62-70,72-77H,3-14,16,18-20,22,24-57H2,1-2H3/b17-15-,23-21-. The van der Waals surface area contributed by atoms with Gasteiger partial charge >= 0.3 is 5.97 Å². The van der Waals surface area contributed by atoms with E-state index in [0.717, 1.165) is 44.9 Å². The Labute approximate surface area is 507 Å². The van der Waals surface area contributed by atoms with Crippen molar-refractivity contribution in [2.24, 2.45) is 0 Å². The number of hydrogen-bond acceptors (Lipinski definition) is 14. The van der Waals surface area contributed by atoms with Crippen LogP contribution in [0.5, 0.6) is 0 Å². The number of hydrogen-bond donors (Lipinski definition) is 7. The number of ether oxygens (including phenoxy) is 6. The van der Waals surface area contributed by atoms with E-state index in [-0.39, 0.29) is 25.6 Å². The number of rotatable bonds is 59. The molecule has 2 fully saturated rings. The Balaban J connectivity index is 1.63. The Bertz CT molecular complexity index is 1470. The Kier molecular flexibility index (Phi) is 52.1. The first-order chi connectivity index (χ1) is 40.6. The zero-order valence-electron chi connectivity index (χ0n) is 53.2. The van der Waals surface area contributed by atoms with Crippen molar-refractivity contribution in [2.45, 2.75) is 377 Å². The van der Waals surface area contributed by atoms with Crippen LogP contribution < -0.4 is 0 Å². The average Bonchev–Trinajstić information content (AvgIpc) is 3.69. The van der Waals surface area contributed by atoms with Gasteiger partial charge in [-0.15, -0.1) is 0 Å². The largest absolute Gasteiger partial charge is 0.457 e. The summed E-state index contributed by atoms with van der Waals surface area (Å²) in [5, 5.41) is 72.6. The predicted octanol–water partition coefficient (Wildman–Crippen LogP) is 14.7. The molecule has 0 saturated carbocycles. The van der Waals surface area contributed by atoms with Gasteiger partial charge in [-0.05, 0) is 44.9 Å². The van der Waals surface area contributed by atoms with Crippen LogP contribution >= 0.6 is 0 Å². The third kappa shape index (κ3) is 41.3. The molecule has 2 saturated heterocycles. The van der Waals surface area contributed by atoms with E-state index in [1.54, 1.807) is 0 Å². The first-order valence-corrected chi connectivity index (χ1v) is 34.9. The van der Waals surface area contributed by atoms with Gasteiger partial charge in [-0.25, -0.2) is 0 Å². The molecular formula is C69H130O14. The molecule has 14 heteroatoms. The lowest BCUT2D eigenvalue weighted by Gasteiger charge is -2.42. The van der Waals surface area contributed by atoms with Crippen molar-refractivity contribution in [3.8, 4) is 0 Å². The van der Waals surface area contributed by atoms with Crippen molar-refractivity contribution in [3.05, 3.63) is 24.3 Å². The predicted molar refractivity (Wildman–Crippen MR) is 335 cm³/mol. The molecule has 0 aromatic heterocycles. The molecule has 0 bridgehead atoms. The van der Waals surface area contributed by atoms with Crippen LogP contribution in [-0.2, 0) is 33.2 Å². The molecule has 0 radical (unpaired) electrons. The molecule has 14 nitrogen and oxygen atoms in total. The summed E-state index contributed by atoms with van der Waals surface area (Å²) in [6.45, 7) is 3.76. The molecule has 2 heterocycles. The van der Waals surface area contributed by atoms with Crippen molar-refractivity contribution in [1.82, 2.24) is 0 Å². The second-order valence-corrected chi connectivity index (χ2v) is 24.7. The van der Waals surface area contributed by atoms with Gasteiger partial charge in [0.2, 0.25) is 0 Å². The van der Waals surface area contributed by atoms with Crippen molar-refractivity contribution < 1.29 is 69.0 Å². The Hall–Kier alpha value is -1.53. The van der Waals surface area contributed by atoms with E-state index in [1.165, 1.54) is 238 Å². The summed E-state index contributed by atoms with van der Waals surface area (Å²) in [5.74, 6) is -0.367. The fourth-order valence-electron chi connectivity index (χ4n) is 11.4. The summed E-state index contributed by atoms with van der Waals surface area (Å²) in [6.07, 6.45) is 51.1. The number of aliphatic hydroxyl groups is 7. The molecule has 0 aromatic carbocycles. The number of esters is 1. The minimum atomic E-state index is -1.70. The summed E-state index contributed by atoms with van der Waals surface area (Å²) in [4.78, 5) is 13.2. The minimum Gasteiger partial charge on any atom is -0.457 e. The van der Waals surface area contributed by atoms with E-state index in [1.807, 2.05) is 0 Å². The zero-order chi connectivity index (χ0) is 60.1. The topological polar surface area (TPSA) is 214 Å². The minimum absolute atomic E-state index is 0.0670. The molecule has 11 unspecified atom stereocenters. The van der Waals surface area contributed by atoms with Crippen LogP contribution in [0.15, 0.2) is 24.3 Å². The van der Waals surface area contributed by atoms with E-state index in [2.05, 4.69) is 38.2 Å². The molecule has 2 rings (SSSR count). The van der Waals surface area contributed by atoms with Crippen LogP contribution in [0.1, 0.15) is 309 Å². The van der Waals surface area contributed by atoms with Crippen molar-refractivity contribution in [3.63, 3.8) is 0 Å². The fourth-order valence-corrected chi connectivity index (χ4v) is 11.4. The van der Waals surface area contributed by atoms with Gasteiger partial charge in [-0.2, -0.15) is 0 Å². The lowest BCUT2D eigenvalue weighted by atomic mass is 9.98. The molecule has 2 aliphatic heterocycles. The number of aliphatic hydroxyl groups excluding tert-OH is 7. The molecule has 0 aromatic rings. The fraction of sp³-hybridized carbons (Fsp3) is 0.928. The highest BCUT2D eigenvalue weighted by Gasteiger charge is 2.47. The first-order valence-electron chi connectivity index (χ1n) is 34.9. The van der Waals surface area contributed by atoms with Crippen LogP contribution in [0.4, 0.5) is 0 Å². The molecule has 11 atom stereocenters. The van der Waals surface area contributed by atoms with Gasteiger partial charge in [0.1, 0.15) is 54.9 Å². The van der Waals surface area contributed by atoms with Gasteiger partial charge in [0.05, 0.1) is 26.4 Å². The zero-order valence-corrected chi connectivity index (χ0v) is 53.2. The van der Waals surface area contributed by atoms with Crippen LogP contribution in [0.25, 0.3) is 0 Å². The van der Waals surface area contributed by atoms with E-state index in [4.69, 9.17) is 28.4 Å². The van der Waals surface area contributed by atoms with Gasteiger partial charge < -0.3 is 64.2 Å². The van der Waals surface area contributed by atoms with Crippen molar-refractivity contribution in [2.75, 3.05) is 33.0 Å². The SMILES string of the molecule is CCCCCCC/C=C\C/C=C\CCCCCCCCCCCCCCCCOCC(COC1OC(COC2OC(CO)C(O)C(O)C2O)C(O)C(O)C1O)OC(=O)CCCCCCCCCCCCCCCCCCCCCCCCC. The summed E-state index contributed by atoms with van der Waals surface area (Å²) in [6, 6.07) is 0. The second-order valence-electron chi connectivity index (χ2n) is 24.7. The van der Waals surface area contributed by atoms with E-state index in [9.17, 15) is 40.5 Å². The maximum absolute atomic E-state index is 13.2. The molecule has 83 heavy (non-hydrogen) atoms. The van der Waals surface area contributed by atoms with Gasteiger partial charge in [0, 0.05) is 13.0 Å². The molecular weight excluding hydrogens is 1050 g/mol. The molecule has 0 amide bonds. The van der Waals surface area contributed by atoms with E-state index in [0.29, 0.717) is 13.0 Å². The van der Waals surface area contributed by atoms with Crippen LogP contribution in [0.2, 0.25) is 0 Å². The van der Waals surface area contributed by atoms with Gasteiger partial charge in [0.15, 0.2) is 12.6 Å². The molecule has 2 aliphatic rings. The average molecular weight is 1180 g/mol. The maximum atomic E-state index is 13.2. The highest BCUT2D eigenvalue weighted by molar-refractivity contribution is 5.69. The lowest BCUT2D eigenvalue weighted by Crippen LogP contribution is -2.61. The lowest BCUT2D eigenvalue weighted by molar-refractivity contribution is -0.332. The first kappa shape index (κ1) is 77.6. The monoisotopic (exact) mass is 1180 g/mol. The third-order valence-electron chi connectivity index (χ3n) is 17.0. The van der Waals surface area contributed by atoms with Crippen molar-refractivity contribution in [1.29, 1.82) is 0 Å². The molecule has 490 valence electrons. The molecule has 0 spiro atoms. The van der Waals surface area contributed by atoms with Gasteiger partial charge in [-0.3, -0.25) is 4.79 Å². The Morgan fingerprint density at radius 2 is 0.747 bits per heavy atom. The number of carbonyl (C=O) groups is 1. The van der Waals surface area contributed by atoms with Gasteiger partial charge in [0.25, 0.3) is 0 Å². The maximum Gasteiger partial charge on any atom is 0.306 e. The highest BCUT2D eigenvalue weighted by atomic mass is 16.7. The molecule has 7 N–H and O–H groups in total. The summed E-state index contributed by atoms with van der Waals surface area (Å²) in [7, 11) is 0. The van der Waals surface area contributed by atoms with Crippen LogP contribution in [0, 0.1) is 0 Å². The van der Waals surface area contributed by atoms with E-state index >= 15 is 0 Å². The Morgan fingerprint density at radius 3 is 1.16 bits per heavy atom. The second kappa shape index (κ2) is 55.8. The van der Waals surface area contributed by atoms with Crippen LogP contribution in [-0.4, -0.2) is 142 Å². The summed E-state index contributed by atoms with van der Waals surface area (Å²) < 4.78 is 34.6. The third-order valence-corrected chi connectivity index (χ3v) is 17.0. The van der Waals surface area contributed by atoms with E-state index < -0.39 is 80.7 Å². The number of allylic oxidation sites excluding steroid dienone is 4. The van der Waals surface area contributed by atoms with Crippen LogP contribution in [0.3, 0.4) is 0 Å². The van der Waals surface area contributed by atoms with Crippen molar-refractivity contribution >= 4 is 5.97 Å². The summed E-state index contributed by atoms with van der Waals surface area (Å²) in [5.41, 5.74) is 0. The highest BCUT2D eigenvalue weighted by Crippen LogP contribution is 2.27.